The van der Waals surface area contributed by atoms with Crippen LogP contribution in [0.2, 0.25) is 0 Å². The molecule has 0 fully saturated rings. The largest absolute Gasteiger partial charge is 0.492 e. The van der Waals surface area contributed by atoms with Crippen LogP contribution in [0.15, 0.2) is 16.7 Å². The van der Waals surface area contributed by atoms with E-state index in [1.807, 2.05) is 6.07 Å². The van der Waals surface area contributed by atoms with E-state index in [2.05, 4.69) is 34.8 Å². The average Bonchev–Trinajstić information content (AvgIpc) is 2.07. The second-order valence-corrected chi connectivity index (χ2v) is 4.10. The first-order valence-electron chi connectivity index (χ1n) is 4.13. The maximum Gasteiger partial charge on any atom is 0.138 e. The zero-order valence-corrected chi connectivity index (χ0v) is 9.34. The van der Waals surface area contributed by atoms with Crippen molar-refractivity contribution in [2.45, 2.75) is 13.8 Å². The second-order valence-electron chi connectivity index (χ2n) is 3.24. The summed E-state index contributed by atoms with van der Waals surface area (Å²) in [6, 6.07) is 1.82. The van der Waals surface area contributed by atoms with Crippen molar-refractivity contribution in [1.29, 1.82) is 0 Å². The fourth-order valence-corrected chi connectivity index (χ4v) is 1.10. The number of pyridine rings is 1. The third-order valence-corrected chi connectivity index (χ3v) is 2.06. The lowest BCUT2D eigenvalue weighted by atomic mass is 10.2. The van der Waals surface area contributed by atoms with E-state index in [0.717, 1.165) is 10.2 Å². The highest BCUT2D eigenvalue weighted by Crippen LogP contribution is 2.22. The minimum Gasteiger partial charge on any atom is -0.492 e. The van der Waals surface area contributed by atoms with E-state index in [-0.39, 0.29) is 0 Å². The molecule has 0 saturated carbocycles. The number of hydrogen-bond donors (Lipinski definition) is 1. The molecule has 0 spiro atoms. The molecule has 0 unspecified atom stereocenters. The standard InChI is InChI=1S/C9H13BrN2O/c1-6(2)5-13-7-3-8(10)9(11)12-4-7/h3-4,6H,5H2,1-2H3,(H2,11,12). The molecule has 1 rings (SSSR count). The van der Waals surface area contributed by atoms with E-state index in [1.54, 1.807) is 6.20 Å². The SMILES string of the molecule is CC(C)COc1cnc(N)c(Br)c1. The zero-order chi connectivity index (χ0) is 9.84. The van der Waals surface area contributed by atoms with Crippen LogP contribution in [0, 0.1) is 5.92 Å². The second kappa shape index (κ2) is 4.46. The minimum atomic E-state index is 0.483. The number of aromatic nitrogens is 1. The topological polar surface area (TPSA) is 48.1 Å². The highest BCUT2D eigenvalue weighted by atomic mass is 79.9. The van der Waals surface area contributed by atoms with Gasteiger partial charge in [0.25, 0.3) is 0 Å². The van der Waals surface area contributed by atoms with Gasteiger partial charge in [-0.15, -0.1) is 0 Å². The van der Waals surface area contributed by atoms with E-state index >= 15 is 0 Å². The number of rotatable bonds is 3. The molecule has 72 valence electrons. The molecule has 1 aromatic rings. The predicted octanol–water partition coefficient (Wildman–Crippen LogP) is 2.46. The predicted molar refractivity (Wildman–Crippen MR) is 56.7 cm³/mol. The van der Waals surface area contributed by atoms with Gasteiger partial charge < -0.3 is 10.5 Å². The van der Waals surface area contributed by atoms with E-state index in [4.69, 9.17) is 10.5 Å². The average molecular weight is 245 g/mol. The Morgan fingerprint density at radius 3 is 2.85 bits per heavy atom. The van der Waals surface area contributed by atoms with Crippen molar-refractivity contribution in [2.75, 3.05) is 12.3 Å². The number of hydrogen-bond acceptors (Lipinski definition) is 3. The van der Waals surface area contributed by atoms with Gasteiger partial charge in [-0.2, -0.15) is 0 Å². The quantitative estimate of drug-likeness (QED) is 0.889. The Labute approximate surface area is 86.4 Å². The Bertz CT molecular complexity index is 289. The molecule has 2 N–H and O–H groups in total. The van der Waals surface area contributed by atoms with Gasteiger partial charge in [0, 0.05) is 0 Å². The van der Waals surface area contributed by atoms with Gasteiger partial charge in [0.2, 0.25) is 0 Å². The van der Waals surface area contributed by atoms with Gasteiger partial charge in [0.1, 0.15) is 11.6 Å². The summed E-state index contributed by atoms with van der Waals surface area (Å²) in [6.07, 6.45) is 1.63. The van der Waals surface area contributed by atoms with Crippen molar-refractivity contribution >= 4 is 21.7 Å². The van der Waals surface area contributed by atoms with E-state index in [9.17, 15) is 0 Å². The Kier molecular flexibility index (Phi) is 3.54. The van der Waals surface area contributed by atoms with E-state index < -0.39 is 0 Å². The number of anilines is 1. The van der Waals surface area contributed by atoms with Crippen LogP contribution in [0.3, 0.4) is 0 Å². The van der Waals surface area contributed by atoms with Gasteiger partial charge in [0.15, 0.2) is 0 Å². The van der Waals surface area contributed by atoms with Gasteiger partial charge in [-0.1, -0.05) is 13.8 Å². The monoisotopic (exact) mass is 244 g/mol. The molecule has 3 nitrogen and oxygen atoms in total. The Hall–Kier alpha value is -0.770. The van der Waals surface area contributed by atoms with Crippen molar-refractivity contribution in [3.63, 3.8) is 0 Å². The molecule has 0 aliphatic heterocycles. The maximum absolute atomic E-state index is 5.53. The zero-order valence-electron chi connectivity index (χ0n) is 7.75. The Morgan fingerprint density at radius 2 is 2.31 bits per heavy atom. The fraction of sp³-hybridized carbons (Fsp3) is 0.444. The van der Waals surface area contributed by atoms with Gasteiger partial charge in [-0.3, -0.25) is 0 Å². The maximum atomic E-state index is 5.53. The summed E-state index contributed by atoms with van der Waals surface area (Å²) in [5, 5.41) is 0. The summed E-state index contributed by atoms with van der Waals surface area (Å²) < 4.78 is 6.23. The number of halogens is 1. The van der Waals surface area contributed by atoms with Gasteiger partial charge >= 0.3 is 0 Å². The molecule has 0 radical (unpaired) electrons. The van der Waals surface area contributed by atoms with E-state index in [0.29, 0.717) is 18.3 Å². The third kappa shape index (κ3) is 3.22. The lowest BCUT2D eigenvalue weighted by Gasteiger charge is -2.08. The first-order valence-corrected chi connectivity index (χ1v) is 4.92. The number of nitrogen functional groups attached to an aromatic ring is 1. The lowest BCUT2D eigenvalue weighted by molar-refractivity contribution is 0.270. The highest BCUT2D eigenvalue weighted by molar-refractivity contribution is 9.10. The summed E-state index contributed by atoms with van der Waals surface area (Å²) in [4.78, 5) is 3.96. The van der Waals surface area contributed by atoms with Crippen LogP contribution < -0.4 is 10.5 Å². The molecular formula is C9H13BrN2O. The summed E-state index contributed by atoms with van der Waals surface area (Å²) in [5.74, 6) is 1.74. The van der Waals surface area contributed by atoms with Gasteiger partial charge in [-0.05, 0) is 27.9 Å². The summed E-state index contributed by atoms with van der Waals surface area (Å²) in [5.41, 5.74) is 5.53. The van der Waals surface area contributed by atoms with Crippen LogP contribution in [0.25, 0.3) is 0 Å². The number of nitrogens with two attached hydrogens (primary N) is 1. The van der Waals surface area contributed by atoms with Crippen molar-refractivity contribution in [2.24, 2.45) is 5.92 Å². The first kappa shape index (κ1) is 10.3. The van der Waals surface area contributed by atoms with Crippen LogP contribution in [-0.2, 0) is 0 Å². The smallest absolute Gasteiger partial charge is 0.138 e. The lowest BCUT2D eigenvalue weighted by Crippen LogP contribution is -2.05. The molecule has 1 aromatic heterocycles. The third-order valence-electron chi connectivity index (χ3n) is 1.43. The fourth-order valence-electron chi connectivity index (χ4n) is 0.773. The first-order chi connectivity index (χ1) is 6.09. The molecule has 0 aromatic carbocycles. The summed E-state index contributed by atoms with van der Waals surface area (Å²) in [7, 11) is 0. The van der Waals surface area contributed by atoms with Crippen LogP contribution in [-0.4, -0.2) is 11.6 Å². The van der Waals surface area contributed by atoms with Crippen LogP contribution >= 0.6 is 15.9 Å². The molecule has 4 heteroatoms. The number of nitrogens with zero attached hydrogens (tertiary/aromatic N) is 1. The molecule has 0 saturated heterocycles. The van der Waals surface area contributed by atoms with Crippen molar-refractivity contribution < 1.29 is 4.74 Å². The summed E-state index contributed by atoms with van der Waals surface area (Å²) in [6.45, 7) is 4.89. The minimum absolute atomic E-state index is 0.483. The molecule has 13 heavy (non-hydrogen) atoms. The molecule has 0 aliphatic rings. The van der Waals surface area contributed by atoms with Gasteiger partial charge in [-0.25, -0.2) is 4.98 Å². The van der Waals surface area contributed by atoms with Crippen molar-refractivity contribution in [3.05, 3.63) is 16.7 Å². The Balaban J connectivity index is 2.63. The highest BCUT2D eigenvalue weighted by Gasteiger charge is 2.01. The van der Waals surface area contributed by atoms with Crippen LogP contribution in [0.4, 0.5) is 5.82 Å². The molecule has 1 heterocycles. The van der Waals surface area contributed by atoms with E-state index in [1.165, 1.54) is 0 Å². The molecule has 0 atom stereocenters. The van der Waals surface area contributed by atoms with Crippen LogP contribution in [0.5, 0.6) is 5.75 Å². The van der Waals surface area contributed by atoms with Gasteiger partial charge in [0.05, 0.1) is 17.3 Å². The normalized spacial score (nSPS) is 10.5. The van der Waals surface area contributed by atoms with Crippen LogP contribution in [0.1, 0.15) is 13.8 Å². The van der Waals surface area contributed by atoms with Crippen molar-refractivity contribution in [1.82, 2.24) is 4.98 Å². The summed E-state index contributed by atoms with van der Waals surface area (Å²) >= 11 is 3.29. The molecule has 0 bridgehead atoms. The molecular weight excluding hydrogens is 232 g/mol. The molecule has 0 aliphatic carbocycles. The molecule has 0 amide bonds. The number of ether oxygens (including phenoxy) is 1. The van der Waals surface area contributed by atoms with Crippen molar-refractivity contribution in [3.8, 4) is 5.75 Å². The Morgan fingerprint density at radius 1 is 1.62 bits per heavy atom.